The normalized spacial score (nSPS) is 25.6. The standard InChI is InChI=1S/C19H20F3NO4/c1-9(18(25)23-14-6-5-13(20)15(21)16(14)22)27-19(26)12-7-10-3-2-4-11(8-12)17(10)24/h5-6,9-12H,2-4,7-8H2,1H3,(H,23,25)/t9-,10-,11-/m0/s1. The molecule has 2 aliphatic carbocycles. The van der Waals surface area contributed by atoms with Gasteiger partial charge in [-0.25, -0.2) is 13.2 Å². The Labute approximate surface area is 154 Å². The molecule has 1 aromatic carbocycles. The van der Waals surface area contributed by atoms with Gasteiger partial charge in [0.2, 0.25) is 0 Å². The number of hydrogen-bond donors (Lipinski definition) is 1. The van der Waals surface area contributed by atoms with Crippen LogP contribution in [0.1, 0.15) is 39.0 Å². The molecule has 0 radical (unpaired) electrons. The fourth-order valence-corrected chi connectivity index (χ4v) is 3.85. The Hall–Kier alpha value is -2.38. The Balaban J connectivity index is 1.59. The lowest BCUT2D eigenvalue weighted by Gasteiger charge is -2.36. The topological polar surface area (TPSA) is 72.5 Å². The van der Waals surface area contributed by atoms with E-state index in [1.54, 1.807) is 0 Å². The minimum atomic E-state index is -1.70. The molecular formula is C19H20F3NO4. The lowest BCUT2D eigenvalue weighted by Crippen LogP contribution is -2.41. The predicted molar refractivity (Wildman–Crippen MR) is 89.1 cm³/mol. The maximum atomic E-state index is 13.6. The zero-order valence-electron chi connectivity index (χ0n) is 14.8. The molecule has 1 aromatic rings. The number of halogens is 3. The number of amides is 1. The number of esters is 1. The number of ketones is 1. The number of hydrogen-bond acceptors (Lipinski definition) is 4. The van der Waals surface area contributed by atoms with Crippen molar-refractivity contribution in [3.05, 3.63) is 29.6 Å². The molecule has 0 aromatic heterocycles. The number of benzene rings is 1. The lowest BCUT2D eigenvalue weighted by molar-refractivity contribution is -0.161. The quantitative estimate of drug-likeness (QED) is 0.639. The SMILES string of the molecule is C[C@H](OC(=O)C1C[C@@H]2CCC[C@@H](C1)C2=O)C(=O)Nc1ccc(F)c(F)c1F. The average Bonchev–Trinajstić information content (AvgIpc) is 2.61. The van der Waals surface area contributed by atoms with Crippen molar-refractivity contribution in [2.45, 2.75) is 45.1 Å². The van der Waals surface area contributed by atoms with Gasteiger partial charge < -0.3 is 10.1 Å². The van der Waals surface area contributed by atoms with Gasteiger partial charge in [-0.3, -0.25) is 14.4 Å². The van der Waals surface area contributed by atoms with Crippen LogP contribution in [0.3, 0.4) is 0 Å². The van der Waals surface area contributed by atoms with E-state index in [1.165, 1.54) is 6.92 Å². The molecule has 2 fully saturated rings. The molecule has 5 nitrogen and oxygen atoms in total. The van der Waals surface area contributed by atoms with Crippen molar-refractivity contribution in [3.63, 3.8) is 0 Å². The summed E-state index contributed by atoms with van der Waals surface area (Å²) in [5.74, 6) is -6.53. The summed E-state index contributed by atoms with van der Waals surface area (Å²) < 4.78 is 45.0. The smallest absolute Gasteiger partial charge is 0.309 e. The number of carbonyl (C=O) groups is 3. The molecular weight excluding hydrogens is 363 g/mol. The van der Waals surface area contributed by atoms with Crippen molar-refractivity contribution >= 4 is 23.3 Å². The van der Waals surface area contributed by atoms with Gasteiger partial charge in [0.15, 0.2) is 23.6 Å². The van der Waals surface area contributed by atoms with Crippen LogP contribution in [0, 0.1) is 35.2 Å². The van der Waals surface area contributed by atoms with Crippen LogP contribution in [-0.4, -0.2) is 23.8 Å². The number of Topliss-reactive ketones (excluding diaryl/α,β-unsaturated/α-hetero) is 1. The molecule has 0 saturated heterocycles. The molecule has 2 aliphatic rings. The highest BCUT2D eigenvalue weighted by Gasteiger charge is 2.42. The minimum absolute atomic E-state index is 0.129. The van der Waals surface area contributed by atoms with Crippen LogP contribution in [0.15, 0.2) is 12.1 Å². The maximum Gasteiger partial charge on any atom is 0.309 e. The number of fused-ring (bicyclic) bond motifs is 2. The van der Waals surface area contributed by atoms with Gasteiger partial charge in [0, 0.05) is 11.8 Å². The fraction of sp³-hybridized carbons (Fsp3) is 0.526. The Morgan fingerprint density at radius 2 is 1.74 bits per heavy atom. The summed E-state index contributed by atoms with van der Waals surface area (Å²) in [4.78, 5) is 36.6. The van der Waals surface area contributed by atoms with E-state index in [-0.39, 0.29) is 17.6 Å². The van der Waals surface area contributed by atoms with Gasteiger partial charge in [-0.15, -0.1) is 0 Å². The van der Waals surface area contributed by atoms with Gasteiger partial charge in [0.1, 0.15) is 5.78 Å². The van der Waals surface area contributed by atoms with Crippen LogP contribution >= 0.6 is 0 Å². The molecule has 27 heavy (non-hydrogen) atoms. The molecule has 3 atom stereocenters. The molecule has 0 unspecified atom stereocenters. The van der Waals surface area contributed by atoms with Gasteiger partial charge >= 0.3 is 5.97 Å². The fourth-order valence-electron chi connectivity index (χ4n) is 3.85. The van der Waals surface area contributed by atoms with E-state index in [0.717, 1.165) is 25.3 Å². The average molecular weight is 383 g/mol. The van der Waals surface area contributed by atoms with Gasteiger partial charge in [0.25, 0.3) is 5.91 Å². The second-order valence-corrected chi connectivity index (χ2v) is 7.19. The van der Waals surface area contributed by atoms with Gasteiger partial charge in [0.05, 0.1) is 11.6 Å². The Morgan fingerprint density at radius 1 is 1.11 bits per heavy atom. The third-order valence-corrected chi connectivity index (χ3v) is 5.34. The van der Waals surface area contributed by atoms with Crippen molar-refractivity contribution in [2.75, 3.05) is 5.32 Å². The van der Waals surface area contributed by atoms with Gasteiger partial charge in [-0.05, 0) is 44.7 Å². The molecule has 0 heterocycles. The highest BCUT2D eigenvalue weighted by Crippen LogP contribution is 2.40. The zero-order valence-corrected chi connectivity index (χ0v) is 14.8. The summed E-state index contributed by atoms with van der Waals surface area (Å²) in [6.45, 7) is 1.31. The van der Waals surface area contributed by atoms with Gasteiger partial charge in [-0.1, -0.05) is 6.42 Å². The highest BCUT2D eigenvalue weighted by molar-refractivity contribution is 5.95. The van der Waals surface area contributed by atoms with Crippen LogP contribution < -0.4 is 5.32 Å². The first kappa shape index (κ1) is 19.4. The van der Waals surface area contributed by atoms with E-state index in [9.17, 15) is 27.6 Å². The predicted octanol–water partition coefficient (Wildman–Crippen LogP) is 3.37. The summed E-state index contributed by atoms with van der Waals surface area (Å²) in [7, 11) is 0. The lowest BCUT2D eigenvalue weighted by atomic mass is 9.67. The van der Waals surface area contributed by atoms with Crippen molar-refractivity contribution in [2.24, 2.45) is 17.8 Å². The molecule has 0 spiro atoms. The molecule has 1 amide bonds. The summed E-state index contributed by atoms with van der Waals surface area (Å²) in [6.07, 6.45) is 2.10. The van der Waals surface area contributed by atoms with Crippen LogP contribution in [-0.2, 0) is 19.1 Å². The van der Waals surface area contributed by atoms with Crippen LogP contribution in [0.4, 0.5) is 18.9 Å². The van der Waals surface area contributed by atoms with E-state index in [0.29, 0.717) is 18.9 Å². The molecule has 146 valence electrons. The Kier molecular flexibility index (Phi) is 5.53. The van der Waals surface area contributed by atoms with Crippen molar-refractivity contribution in [1.82, 2.24) is 0 Å². The van der Waals surface area contributed by atoms with E-state index in [1.807, 2.05) is 0 Å². The van der Waals surface area contributed by atoms with E-state index in [2.05, 4.69) is 5.32 Å². The second-order valence-electron chi connectivity index (χ2n) is 7.19. The van der Waals surface area contributed by atoms with Crippen molar-refractivity contribution in [3.8, 4) is 0 Å². The zero-order chi connectivity index (χ0) is 19.7. The van der Waals surface area contributed by atoms with Crippen molar-refractivity contribution in [1.29, 1.82) is 0 Å². The molecule has 2 saturated carbocycles. The number of ether oxygens (including phenoxy) is 1. The number of anilines is 1. The third-order valence-electron chi connectivity index (χ3n) is 5.34. The monoisotopic (exact) mass is 383 g/mol. The Morgan fingerprint density at radius 3 is 2.37 bits per heavy atom. The van der Waals surface area contributed by atoms with E-state index < -0.39 is 47.0 Å². The minimum Gasteiger partial charge on any atom is -0.452 e. The highest BCUT2D eigenvalue weighted by atomic mass is 19.2. The Bertz CT molecular complexity index is 766. The molecule has 3 rings (SSSR count). The maximum absolute atomic E-state index is 13.6. The van der Waals surface area contributed by atoms with E-state index in [4.69, 9.17) is 4.74 Å². The molecule has 0 aliphatic heterocycles. The summed E-state index contributed by atoms with van der Waals surface area (Å²) in [5, 5.41) is 2.08. The summed E-state index contributed by atoms with van der Waals surface area (Å²) >= 11 is 0. The number of rotatable bonds is 4. The van der Waals surface area contributed by atoms with Crippen LogP contribution in [0.25, 0.3) is 0 Å². The largest absolute Gasteiger partial charge is 0.452 e. The first-order valence-electron chi connectivity index (χ1n) is 8.96. The molecule has 1 N–H and O–H groups in total. The van der Waals surface area contributed by atoms with Gasteiger partial charge in [-0.2, -0.15) is 0 Å². The summed E-state index contributed by atoms with van der Waals surface area (Å²) in [5.41, 5.74) is -0.542. The third kappa shape index (κ3) is 3.99. The molecule has 8 heteroatoms. The summed E-state index contributed by atoms with van der Waals surface area (Å²) in [6, 6.07) is 1.57. The number of carbonyl (C=O) groups excluding carboxylic acids is 3. The first-order valence-corrected chi connectivity index (χ1v) is 8.96. The van der Waals surface area contributed by atoms with Crippen LogP contribution in [0.5, 0.6) is 0 Å². The van der Waals surface area contributed by atoms with E-state index >= 15 is 0 Å². The van der Waals surface area contributed by atoms with Crippen LogP contribution in [0.2, 0.25) is 0 Å². The van der Waals surface area contributed by atoms with Crippen molar-refractivity contribution < 1.29 is 32.3 Å². The molecule has 2 bridgehead atoms. The number of nitrogens with one attached hydrogen (secondary N) is 1. The second kappa shape index (κ2) is 7.70. The first-order chi connectivity index (χ1) is 12.8.